The maximum Gasteiger partial charge on any atom is 0.228 e. The van der Waals surface area contributed by atoms with Crippen LogP contribution < -0.4 is 0 Å². The van der Waals surface area contributed by atoms with E-state index in [-0.39, 0.29) is 10.7 Å². The van der Waals surface area contributed by atoms with Crippen LogP contribution in [0.2, 0.25) is 0 Å². The van der Waals surface area contributed by atoms with Gasteiger partial charge in [-0.25, -0.2) is 0 Å². The van der Waals surface area contributed by atoms with E-state index in [0.29, 0.717) is 6.42 Å². The number of hydrogen-bond donors (Lipinski definition) is 0. The molecule has 0 unspecified atom stereocenters. The van der Waals surface area contributed by atoms with Gasteiger partial charge in [0.25, 0.3) is 0 Å². The van der Waals surface area contributed by atoms with Crippen LogP contribution in [0.3, 0.4) is 0 Å². The van der Waals surface area contributed by atoms with Crippen molar-refractivity contribution in [2.75, 3.05) is 0 Å². The number of halogens is 1. The van der Waals surface area contributed by atoms with Crippen LogP contribution in [0.5, 0.6) is 0 Å². The Kier molecular flexibility index (Phi) is 3.17. The molecule has 0 bridgehead atoms. The Morgan fingerprint density at radius 3 is 2.42 bits per heavy atom. The normalized spacial score (nSPS) is 21.3. The molecule has 0 spiro atoms. The molecule has 0 amide bonds. The second-order valence-electron chi connectivity index (χ2n) is 3.50. The summed E-state index contributed by atoms with van der Waals surface area (Å²) in [5.41, 5.74) is -0.380. The van der Waals surface area contributed by atoms with E-state index in [1.807, 2.05) is 0 Å². The second-order valence-corrected chi connectivity index (χ2v) is 3.84. The first-order valence-corrected chi connectivity index (χ1v) is 4.72. The van der Waals surface area contributed by atoms with Gasteiger partial charge in [0, 0.05) is 6.42 Å². The van der Waals surface area contributed by atoms with Crippen molar-refractivity contribution >= 4 is 16.8 Å². The van der Waals surface area contributed by atoms with Crippen LogP contribution in [0.25, 0.3) is 0 Å². The Labute approximate surface area is 78.5 Å². The minimum absolute atomic E-state index is 0.236. The van der Waals surface area contributed by atoms with Crippen molar-refractivity contribution in [1.29, 1.82) is 0 Å². The third-order valence-corrected chi connectivity index (χ3v) is 3.07. The standard InChI is InChI=1S/C10H13ClO/c1-2-6-10(9(11)12)7-4-3-5-8-10/h1H,3-8H2. The summed E-state index contributed by atoms with van der Waals surface area (Å²) in [5, 5.41) is -0.236. The second kappa shape index (κ2) is 3.96. The highest BCUT2D eigenvalue weighted by Gasteiger charge is 2.37. The van der Waals surface area contributed by atoms with Crippen molar-refractivity contribution in [1.82, 2.24) is 0 Å². The highest BCUT2D eigenvalue weighted by molar-refractivity contribution is 6.64. The SMILES string of the molecule is C#CCC1(C(=O)Cl)CCCCC1. The molecule has 0 heterocycles. The van der Waals surface area contributed by atoms with Crippen molar-refractivity contribution in [2.45, 2.75) is 38.5 Å². The van der Waals surface area contributed by atoms with Crippen molar-refractivity contribution in [3.05, 3.63) is 0 Å². The van der Waals surface area contributed by atoms with Crippen LogP contribution in [-0.4, -0.2) is 5.24 Å². The minimum atomic E-state index is -0.380. The van der Waals surface area contributed by atoms with Gasteiger partial charge in [0.1, 0.15) is 0 Å². The summed E-state index contributed by atoms with van der Waals surface area (Å²) in [4.78, 5) is 11.2. The first kappa shape index (κ1) is 9.61. The molecule has 1 saturated carbocycles. The molecule has 1 nitrogen and oxygen atoms in total. The van der Waals surface area contributed by atoms with Gasteiger partial charge in [-0.2, -0.15) is 0 Å². The lowest BCUT2D eigenvalue weighted by Gasteiger charge is -2.31. The zero-order chi connectivity index (χ0) is 9.03. The van der Waals surface area contributed by atoms with Crippen LogP contribution in [0.15, 0.2) is 0 Å². The minimum Gasteiger partial charge on any atom is -0.281 e. The van der Waals surface area contributed by atoms with Crippen molar-refractivity contribution in [3.63, 3.8) is 0 Å². The lowest BCUT2D eigenvalue weighted by Crippen LogP contribution is -2.29. The molecule has 0 aromatic heterocycles. The van der Waals surface area contributed by atoms with Gasteiger partial charge in [-0.3, -0.25) is 4.79 Å². The summed E-state index contributed by atoms with van der Waals surface area (Å²) in [6.45, 7) is 0. The van der Waals surface area contributed by atoms with Crippen LogP contribution in [0.4, 0.5) is 0 Å². The zero-order valence-electron chi connectivity index (χ0n) is 7.11. The average molecular weight is 185 g/mol. The van der Waals surface area contributed by atoms with Crippen molar-refractivity contribution in [3.8, 4) is 12.3 Å². The molecule has 12 heavy (non-hydrogen) atoms. The van der Waals surface area contributed by atoms with Gasteiger partial charge in [0.05, 0.1) is 5.41 Å². The highest BCUT2D eigenvalue weighted by atomic mass is 35.5. The van der Waals surface area contributed by atoms with Crippen LogP contribution in [0, 0.1) is 17.8 Å². The number of terminal acetylenes is 1. The van der Waals surface area contributed by atoms with Gasteiger partial charge >= 0.3 is 0 Å². The summed E-state index contributed by atoms with van der Waals surface area (Å²) in [7, 11) is 0. The molecule has 2 heteroatoms. The third kappa shape index (κ3) is 1.81. The average Bonchev–Trinajstić information content (AvgIpc) is 2.06. The van der Waals surface area contributed by atoms with E-state index in [9.17, 15) is 4.79 Å². The molecule has 0 N–H and O–H groups in total. The Hall–Kier alpha value is -0.480. The lowest BCUT2D eigenvalue weighted by atomic mass is 9.73. The van der Waals surface area contributed by atoms with Gasteiger partial charge in [-0.1, -0.05) is 19.3 Å². The molecular weight excluding hydrogens is 172 g/mol. The van der Waals surface area contributed by atoms with Crippen LogP contribution in [0.1, 0.15) is 38.5 Å². The quantitative estimate of drug-likeness (QED) is 0.477. The number of carbonyl (C=O) groups excluding carboxylic acids is 1. The largest absolute Gasteiger partial charge is 0.281 e. The monoisotopic (exact) mass is 184 g/mol. The molecule has 1 fully saturated rings. The van der Waals surface area contributed by atoms with E-state index in [2.05, 4.69) is 5.92 Å². The molecule has 0 aromatic rings. The Bertz CT molecular complexity index is 208. The lowest BCUT2D eigenvalue weighted by molar-refractivity contribution is -0.122. The van der Waals surface area contributed by atoms with Crippen LogP contribution in [-0.2, 0) is 4.79 Å². The fourth-order valence-corrected chi connectivity index (χ4v) is 2.12. The van der Waals surface area contributed by atoms with E-state index in [0.717, 1.165) is 25.7 Å². The molecule has 1 rings (SSSR count). The maximum absolute atomic E-state index is 11.2. The zero-order valence-corrected chi connectivity index (χ0v) is 7.86. The Morgan fingerprint density at radius 1 is 1.42 bits per heavy atom. The third-order valence-electron chi connectivity index (χ3n) is 2.67. The predicted octanol–water partition coefficient (Wildman–Crippen LogP) is 2.73. The molecule has 66 valence electrons. The summed E-state index contributed by atoms with van der Waals surface area (Å²) in [6, 6.07) is 0. The fourth-order valence-electron chi connectivity index (χ4n) is 1.87. The molecule has 1 aliphatic carbocycles. The van der Waals surface area contributed by atoms with E-state index < -0.39 is 0 Å². The molecule has 0 aliphatic heterocycles. The number of hydrogen-bond acceptors (Lipinski definition) is 1. The van der Waals surface area contributed by atoms with E-state index in [1.54, 1.807) is 0 Å². The summed E-state index contributed by atoms with van der Waals surface area (Å²) in [5.74, 6) is 2.55. The van der Waals surface area contributed by atoms with Gasteiger partial charge in [0.15, 0.2) is 0 Å². The van der Waals surface area contributed by atoms with Crippen molar-refractivity contribution in [2.24, 2.45) is 5.41 Å². The van der Waals surface area contributed by atoms with Gasteiger partial charge < -0.3 is 0 Å². The summed E-state index contributed by atoms with van der Waals surface area (Å²) < 4.78 is 0. The summed E-state index contributed by atoms with van der Waals surface area (Å²) >= 11 is 5.56. The first-order chi connectivity index (χ1) is 5.71. The molecule has 1 aliphatic rings. The topological polar surface area (TPSA) is 17.1 Å². The summed E-state index contributed by atoms with van der Waals surface area (Å²) in [6.07, 6.45) is 10.9. The van der Waals surface area contributed by atoms with Gasteiger partial charge in [0.2, 0.25) is 5.24 Å². The van der Waals surface area contributed by atoms with E-state index >= 15 is 0 Å². The molecule has 0 atom stereocenters. The van der Waals surface area contributed by atoms with E-state index in [1.165, 1.54) is 6.42 Å². The van der Waals surface area contributed by atoms with Gasteiger partial charge in [-0.05, 0) is 24.4 Å². The fraction of sp³-hybridized carbons (Fsp3) is 0.700. The molecule has 0 aromatic carbocycles. The van der Waals surface area contributed by atoms with Gasteiger partial charge in [-0.15, -0.1) is 12.3 Å². The predicted molar refractivity (Wildman–Crippen MR) is 49.8 cm³/mol. The van der Waals surface area contributed by atoms with Crippen LogP contribution >= 0.6 is 11.6 Å². The first-order valence-electron chi connectivity index (χ1n) is 4.35. The number of carbonyl (C=O) groups is 1. The molecule has 0 saturated heterocycles. The van der Waals surface area contributed by atoms with E-state index in [4.69, 9.17) is 18.0 Å². The smallest absolute Gasteiger partial charge is 0.228 e. The Morgan fingerprint density at radius 2 is 2.00 bits per heavy atom. The number of rotatable bonds is 2. The maximum atomic E-state index is 11.2. The highest BCUT2D eigenvalue weighted by Crippen LogP contribution is 2.40. The Balaban J connectivity index is 2.71. The van der Waals surface area contributed by atoms with Crippen molar-refractivity contribution < 1.29 is 4.79 Å². The molecule has 0 radical (unpaired) electrons. The molecular formula is C10H13ClO.